The quantitative estimate of drug-likeness (QED) is 0.348. The first-order valence-electron chi connectivity index (χ1n) is 14.4. The van der Waals surface area contributed by atoms with Crippen molar-refractivity contribution in [2.24, 2.45) is 0 Å². The molecule has 2 aliphatic carbocycles. The topological polar surface area (TPSA) is 75.9 Å². The Balaban J connectivity index is 1.07. The molecule has 1 saturated heterocycles. The first-order valence-corrected chi connectivity index (χ1v) is 14.4. The summed E-state index contributed by atoms with van der Waals surface area (Å²) < 4.78 is 6.31. The van der Waals surface area contributed by atoms with Gasteiger partial charge in [-0.2, -0.15) is 0 Å². The van der Waals surface area contributed by atoms with Gasteiger partial charge in [-0.1, -0.05) is 66.7 Å². The van der Waals surface area contributed by atoms with Crippen LogP contribution in [-0.2, 0) is 6.54 Å². The Bertz CT molecular complexity index is 1600. The third-order valence-corrected chi connectivity index (χ3v) is 8.34. The molecule has 3 aromatic rings. The lowest BCUT2D eigenvalue weighted by atomic mass is 9.81. The van der Waals surface area contributed by atoms with Gasteiger partial charge in [0.25, 0.3) is 5.69 Å². The van der Waals surface area contributed by atoms with Crippen LogP contribution >= 0.6 is 0 Å². The molecule has 7 heteroatoms. The highest BCUT2D eigenvalue weighted by molar-refractivity contribution is 6.32. The number of allylic oxidation sites excluding steroid dienone is 2. The van der Waals surface area contributed by atoms with E-state index in [2.05, 4.69) is 50.4 Å². The Morgan fingerprint density at radius 2 is 1.56 bits per heavy atom. The number of nitrogens with one attached hydrogen (secondary N) is 2. The number of carbonyl (C=O) groups is 2. The van der Waals surface area contributed by atoms with E-state index in [9.17, 15) is 9.59 Å². The van der Waals surface area contributed by atoms with Crippen LogP contribution in [0.15, 0.2) is 85.0 Å². The van der Waals surface area contributed by atoms with Crippen LogP contribution in [-0.4, -0.2) is 72.5 Å². The van der Waals surface area contributed by atoms with Crippen LogP contribution in [0.5, 0.6) is 5.75 Å². The van der Waals surface area contributed by atoms with E-state index >= 15 is 0 Å². The molecule has 206 valence electrons. The van der Waals surface area contributed by atoms with E-state index in [4.69, 9.17) is 4.74 Å². The maximum absolute atomic E-state index is 13.8. The number of hydrogen-bond acceptors (Lipinski definition) is 6. The first-order chi connectivity index (χ1) is 20.2. The minimum Gasteiger partial charge on any atom is -0.468 e. The molecule has 2 aliphatic heterocycles. The SMILES string of the molecule is O=C1c2ccccc2C(=O)c2c3c(cc(NCCCN4CCN(Cc5ccccc5)CC4)c21)OC1C=CC=CC1=[NH+]3. The Hall–Kier alpha value is -4.33. The summed E-state index contributed by atoms with van der Waals surface area (Å²) in [5, 5.41) is 3.50. The van der Waals surface area contributed by atoms with Gasteiger partial charge >= 0.3 is 0 Å². The fourth-order valence-corrected chi connectivity index (χ4v) is 6.18. The van der Waals surface area contributed by atoms with Gasteiger partial charge in [0, 0.05) is 62.5 Å². The number of hydrogen-bond donors (Lipinski definition) is 2. The summed E-state index contributed by atoms with van der Waals surface area (Å²) in [5.41, 5.74) is 5.12. The molecule has 41 heavy (non-hydrogen) atoms. The Morgan fingerprint density at radius 1 is 0.854 bits per heavy atom. The predicted octanol–water partition coefficient (Wildman–Crippen LogP) is 3.12. The van der Waals surface area contributed by atoms with Crippen LogP contribution in [0.25, 0.3) is 0 Å². The summed E-state index contributed by atoms with van der Waals surface area (Å²) in [7, 11) is 0. The van der Waals surface area contributed by atoms with Gasteiger partial charge < -0.3 is 15.0 Å². The van der Waals surface area contributed by atoms with Crippen molar-refractivity contribution in [3.63, 3.8) is 0 Å². The molecular formula is C34H33N4O3+. The molecule has 2 N–H and O–H groups in total. The molecule has 1 fully saturated rings. The lowest BCUT2D eigenvalue weighted by Gasteiger charge is -2.34. The highest BCUT2D eigenvalue weighted by Crippen LogP contribution is 2.41. The molecule has 2 heterocycles. The van der Waals surface area contributed by atoms with Crippen molar-refractivity contribution >= 4 is 28.7 Å². The zero-order valence-corrected chi connectivity index (χ0v) is 22.9. The van der Waals surface area contributed by atoms with E-state index in [-0.39, 0.29) is 17.7 Å². The van der Waals surface area contributed by atoms with Crippen LogP contribution in [0.3, 0.4) is 0 Å². The zero-order valence-electron chi connectivity index (χ0n) is 22.9. The van der Waals surface area contributed by atoms with Crippen molar-refractivity contribution in [1.82, 2.24) is 9.80 Å². The average molecular weight is 546 g/mol. The molecule has 7 rings (SSSR count). The lowest BCUT2D eigenvalue weighted by Crippen LogP contribution is -2.72. The summed E-state index contributed by atoms with van der Waals surface area (Å²) in [6, 6.07) is 19.6. The van der Waals surface area contributed by atoms with Crippen LogP contribution in [0, 0.1) is 0 Å². The Labute approximate surface area is 239 Å². The second-order valence-electron chi connectivity index (χ2n) is 11.0. The lowest BCUT2D eigenvalue weighted by molar-refractivity contribution is -0.362. The van der Waals surface area contributed by atoms with Gasteiger partial charge in [0.2, 0.25) is 17.6 Å². The number of rotatable bonds is 7. The monoisotopic (exact) mass is 545 g/mol. The van der Waals surface area contributed by atoms with Crippen LogP contribution < -0.4 is 15.0 Å². The summed E-state index contributed by atoms with van der Waals surface area (Å²) in [4.78, 5) is 36.0. The first kappa shape index (κ1) is 25.6. The number of piperazine rings is 1. The van der Waals surface area contributed by atoms with Crippen LogP contribution in [0.4, 0.5) is 11.4 Å². The second kappa shape index (κ2) is 10.9. The largest absolute Gasteiger partial charge is 0.468 e. The summed E-state index contributed by atoms with van der Waals surface area (Å²) >= 11 is 0. The van der Waals surface area contributed by atoms with Gasteiger partial charge in [0.15, 0.2) is 11.5 Å². The second-order valence-corrected chi connectivity index (χ2v) is 11.0. The maximum Gasteiger partial charge on any atom is 0.258 e. The van der Waals surface area contributed by atoms with E-state index in [0.29, 0.717) is 45.9 Å². The molecule has 0 spiro atoms. The fraction of sp³-hybridized carbons (Fsp3) is 0.265. The molecule has 3 aromatic carbocycles. The van der Waals surface area contributed by atoms with Gasteiger partial charge in [-0.25, -0.2) is 4.99 Å². The summed E-state index contributed by atoms with van der Waals surface area (Å²) in [6.45, 7) is 6.88. The molecule has 0 radical (unpaired) electrons. The summed E-state index contributed by atoms with van der Waals surface area (Å²) in [5.74, 6) is 0.284. The van der Waals surface area contributed by atoms with E-state index in [1.54, 1.807) is 24.3 Å². The predicted molar refractivity (Wildman–Crippen MR) is 159 cm³/mol. The highest BCUT2D eigenvalue weighted by Gasteiger charge is 2.41. The average Bonchev–Trinajstić information content (AvgIpc) is 3.01. The van der Waals surface area contributed by atoms with Crippen molar-refractivity contribution in [2.45, 2.75) is 19.1 Å². The number of benzene rings is 3. The number of ketones is 2. The molecule has 0 saturated carbocycles. The van der Waals surface area contributed by atoms with Gasteiger partial charge in [0.05, 0.1) is 11.3 Å². The normalized spacial score (nSPS) is 19.5. The van der Waals surface area contributed by atoms with Crippen molar-refractivity contribution in [3.05, 3.63) is 113 Å². The number of nitrogens with zero attached hydrogens (tertiary/aromatic N) is 2. The molecule has 0 amide bonds. The smallest absolute Gasteiger partial charge is 0.258 e. The van der Waals surface area contributed by atoms with Gasteiger partial charge in [0.1, 0.15) is 5.56 Å². The minimum atomic E-state index is -0.249. The summed E-state index contributed by atoms with van der Waals surface area (Å²) in [6.07, 6.45) is 8.47. The molecule has 1 atom stereocenters. The number of anilines is 1. The third kappa shape index (κ3) is 4.92. The molecule has 4 aliphatic rings. The Kier molecular flexibility index (Phi) is 6.82. The van der Waals surface area contributed by atoms with Crippen LogP contribution in [0.1, 0.15) is 43.8 Å². The number of carbonyl (C=O) groups excluding carboxylic acids is 2. The van der Waals surface area contributed by atoms with Crippen LogP contribution in [0.2, 0.25) is 0 Å². The van der Waals surface area contributed by atoms with Gasteiger partial charge in [-0.05, 0) is 24.6 Å². The molecule has 7 nitrogen and oxygen atoms in total. The molecule has 1 unspecified atom stereocenters. The van der Waals surface area contributed by atoms with Crippen molar-refractivity contribution in [2.75, 3.05) is 44.6 Å². The van der Waals surface area contributed by atoms with E-state index < -0.39 is 0 Å². The van der Waals surface area contributed by atoms with Crippen molar-refractivity contribution in [3.8, 4) is 5.75 Å². The molecule has 0 bridgehead atoms. The Morgan fingerprint density at radius 3 is 2.34 bits per heavy atom. The zero-order chi connectivity index (χ0) is 27.8. The van der Waals surface area contributed by atoms with Gasteiger partial charge in [-0.15, -0.1) is 0 Å². The molecular weight excluding hydrogens is 512 g/mol. The minimum absolute atomic E-state index is 0.136. The number of fused-ring (bicyclic) bond motifs is 5. The van der Waals surface area contributed by atoms with Gasteiger partial charge in [-0.3, -0.25) is 14.5 Å². The van der Waals surface area contributed by atoms with E-state index in [1.807, 2.05) is 30.4 Å². The third-order valence-electron chi connectivity index (χ3n) is 8.34. The fourth-order valence-electron chi connectivity index (χ4n) is 6.18. The molecule has 0 aromatic heterocycles. The standard InChI is InChI=1S/C34H32N4O3/c39-33-24-11-4-5-12-25(24)34(40)31-30(33)27(21-29-32(31)36-26-13-6-7-14-28(26)41-29)35-15-8-16-37-17-19-38(20-18-37)22-23-9-2-1-3-10-23/h1-7,9-14,21,28,35H,8,15-20,22H2/p+1. The number of ether oxygens (including phenoxy) is 1. The van der Waals surface area contributed by atoms with E-state index in [1.165, 1.54) is 5.56 Å². The van der Waals surface area contributed by atoms with Crippen molar-refractivity contribution in [1.29, 1.82) is 0 Å². The maximum atomic E-state index is 13.8. The highest BCUT2D eigenvalue weighted by atomic mass is 16.5. The van der Waals surface area contributed by atoms with E-state index in [0.717, 1.165) is 51.4 Å². The van der Waals surface area contributed by atoms with Crippen molar-refractivity contribution < 1.29 is 19.3 Å².